The molecule has 0 amide bonds. The van der Waals surface area contributed by atoms with Crippen molar-refractivity contribution in [2.75, 3.05) is 5.32 Å². The van der Waals surface area contributed by atoms with Gasteiger partial charge in [-0.3, -0.25) is 0 Å². The maximum absolute atomic E-state index is 15.1. The summed E-state index contributed by atoms with van der Waals surface area (Å²) in [5.74, 6) is -4.23. The molecular weight excluding hydrogens is 461 g/mol. The third kappa shape index (κ3) is 3.88. The second kappa shape index (κ2) is 7.77. The number of anilines is 1. The topological polar surface area (TPSA) is 70.9 Å². The number of alkyl halides is 2. The molecule has 2 atom stereocenters. The van der Waals surface area contributed by atoms with Crippen LogP contribution in [0, 0.1) is 18.7 Å². The molecule has 5 nitrogen and oxygen atoms in total. The number of hydrogen-bond acceptors (Lipinski definition) is 5. The molecule has 0 bridgehead atoms. The molecule has 1 saturated carbocycles. The molecule has 0 aliphatic heterocycles. The lowest BCUT2D eigenvalue weighted by Gasteiger charge is -2.25. The first-order valence-corrected chi connectivity index (χ1v) is 10.4. The number of aliphatic hydroxyl groups is 1. The number of fused-ring (bicyclic) bond motifs is 1. The molecule has 1 fully saturated rings. The second-order valence-corrected chi connectivity index (χ2v) is 8.44. The van der Waals surface area contributed by atoms with Crippen molar-refractivity contribution in [3.8, 4) is 0 Å². The van der Waals surface area contributed by atoms with Crippen LogP contribution in [0.25, 0.3) is 10.9 Å². The van der Waals surface area contributed by atoms with E-state index in [1.54, 1.807) is 26.1 Å². The minimum atomic E-state index is -3.66. The molecule has 4 rings (SSSR count). The van der Waals surface area contributed by atoms with Gasteiger partial charge in [0, 0.05) is 10.9 Å². The third-order valence-electron chi connectivity index (χ3n) is 5.31. The van der Waals surface area contributed by atoms with E-state index in [4.69, 9.17) is 0 Å². The van der Waals surface area contributed by atoms with Gasteiger partial charge >= 0.3 is 5.92 Å². The third-order valence-corrected chi connectivity index (χ3v) is 5.74. The SMILES string of the molecule is Cc1nc(N[C@H](C)c2cccc(C(F)(F)[C@H](O)C3CC3)c2F)c2cc(Br)ncc2n1. The Morgan fingerprint density at radius 2 is 2.00 bits per heavy atom. The quantitative estimate of drug-likeness (QED) is 0.470. The van der Waals surface area contributed by atoms with Gasteiger partial charge < -0.3 is 10.4 Å². The van der Waals surface area contributed by atoms with E-state index in [0.29, 0.717) is 40.0 Å². The largest absolute Gasteiger partial charge is 0.386 e. The lowest BCUT2D eigenvalue weighted by atomic mass is 9.95. The van der Waals surface area contributed by atoms with Gasteiger partial charge in [0.25, 0.3) is 0 Å². The molecule has 2 heterocycles. The summed E-state index contributed by atoms with van der Waals surface area (Å²) in [5, 5.41) is 13.7. The summed E-state index contributed by atoms with van der Waals surface area (Å²) in [6, 6.07) is 4.93. The summed E-state index contributed by atoms with van der Waals surface area (Å²) in [6.45, 7) is 3.38. The number of benzene rings is 1. The molecule has 158 valence electrons. The van der Waals surface area contributed by atoms with Crippen LogP contribution in [0.5, 0.6) is 0 Å². The van der Waals surface area contributed by atoms with Crippen LogP contribution < -0.4 is 5.32 Å². The number of aromatic nitrogens is 3. The summed E-state index contributed by atoms with van der Waals surface area (Å²) >= 11 is 3.31. The number of nitrogens with zero attached hydrogens (tertiary/aromatic N) is 3. The summed E-state index contributed by atoms with van der Waals surface area (Å²) in [6.07, 6.45) is 0.760. The lowest BCUT2D eigenvalue weighted by Crippen LogP contribution is -2.34. The molecule has 0 radical (unpaired) electrons. The van der Waals surface area contributed by atoms with Crippen LogP contribution in [-0.2, 0) is 5.92 Å². The number of halogens is 4. The summed E-state index contributed by atoms with van der Waals surface area (Å²) in [4.78, 5) is 12.9. The highest BCUT2D eigenvalue weighted by molar-refractivity contribution is 9.10. The van der Waals surface area contributed by atoms with E-state index in [1.807, 2.05) is 0 Å². The van der Waals surface area contributed by atoms with E-state index in [1.165, 1.54) is 12.1 Å². The average molecular weight is 481 g/mol. The Kier molecular flexibility index (Phi) is 5.44. The second-order valence-electron chi connectivity index (χ2n) is 7.62. The minimum Gasteiger partial charge on any atom is -0.386 e. The van der Waals surface area contributed by atoms with Gasteiger partial charge in [0.05, 0.1) is 23.3 Å². The van der Waals surface area contributed by atoms with Crippen LogP contribution >= 0.6 is 15.9 Å². The zero-order valence-electron chi connectivity index (χ0n) is 16.3. The van der Waals surface area contributed by atoms with E-state index in [9.17, 15) is 13.9 Å². The minimum absolute atomic E-state index is 0.0627. The first-order valence-electron chi connectivity index (χ1n) is 9.59. The Labute approximate surface area is 179 Å². The molecule has 0 saturated heterocycles. The van der Waals surface area contributed by atoms with Crippen molar-refractivity contribution >= 4 is 32.7 Å². The summed E-state index contributed by atoms with van der Waals surface area (Å²) in [7, 11) is 0. The molecule has 0 unspecified atom stereocenters. The van der Waals surface area contributed by atoms with Crippen LogP contribution in [-0.4, -0.2) is 26.2 Å². The molecule has 2 N–H and O–H groups in total. The van der Waals surface area contributed by atoms with Crippen LogP contribution in [0.3, 0.4) is 0 Å². The zero-order chi connectivity index (χ0) is 21.6. The van der Waals surface area contributed by atoms with Gasteiger partial charge in [-0.15, -0.1) is 0 Å². The van der Waals surface area contributed by atoms with E-state index in [-0.39, 0.29) is 5.56 Å². The maximum atomic E-state index is 15.1. The predicted molar refractivity (Wildman–Crippen MR) is 111 cm³/mol. The van der Waals surface area contributed by atoms with Gasteiger partial charge in [0.15, 0.2) is 0 Å². The van der Waals surface area contributed by atoms with Gasteiger partial charge in [-0.1, -0.05) is 12.1 Å². The van der Waals surface area contributed by atoms with Gasteiger partial charge in [0.2, 0.25) is 0 Å². The van der Waals surface area contributed by atoms with Crippen molar-refractivity contribution in [2.45, 2.75) is 44.8 Å². The van der Waals surface area contributed by atoms with Crippen LogP contribution in [0.1, 0.15) is 42.8 Å². The maximum Gasteiger partial charge on any atom is 0.301 e. The molecule has 3 aromatic rings. The molecule has 1 aliphatic rings. The van der Waals surface area contributed by atoms with Crippen molar-refractivity contribution in [1.82, 2.24) is 15.0 Å². The Balaban J connectivity index is 1.69. The molecule has 30 heavy (non-hydrogen) atoms. The van der Waals surface area contributed by atoms with Crippen LogP contribution in [0.15, 0.2) is 35.1 Å². The Bertz CT molecular complexity index is 1110. The molecule has 2 aromatic heterocycles. The van der Waals surface area contributed by atoms with Crippen molar-refractivity contribution in [3.63, 3.8) is 0 Å². The van der Waals surface area contributed by atoms with E-state index < -0.39 is 35.4 Å². The van der Waals surface area contributed by atoms with Gasteiger partial charge in [-0.25, -0.2) is 19.3 Å². The number of rotatable bonds is 6. The first-order chi connectivity index (χ1) is 14.2. The Morgan fingerprint density at radius 3 is 2.70 bits per heavy atom. The van der Waals surface area contributed by atoms with E-state index in [0.717, 1.165) is 6.07 Å². The monoisotopic (exact) mass is 480 g/mol. The number of pyridine rings is 1. The average Bonchev–Trinajstić information content (AvgIpc) is 3.53. The van der Waals surface area contributed by atoms with Crippen LogP contribution in [0.4, 0.5) is 19.0 Å². The molecule has 1 aliphatic carbocycles. The molecule has 1 aromatic carbocycles. The Morgan fingerprint density at radius 1 is 1.27 bits per heavy atom. The molecular formula is C21H20BrF3N4O. The predicted octanol–water partition coefficient (Wildman–Crippen LogP) is 5.27. The fraction of sp³-hybridized carbons (Fsp3) is 0.381. The number of nitrogens with one attached hydrogen (secondary N) is 1. The number of aliphatic hydroxyl groups excluding tert-OH is 1. The van der Waals surface area contributed by atoms with Crippen LogP contribution in [0.2, 0.25) is 0 Å². The van der Waals surface area contributed by atoms with Crippen molar-refractivity contribution in [3.05, 3.63) is 57.8 Å². The van der Waals surface area contributed by atoms with Crippen molar-refractivity contribution in [1.29, 1.82) is 0 Å². The van der Waals surface area contributed by atoms with Gasteiger partial charge in [-0.2, -0.15) is 8.78 Å². The lowest BCUT2D eigenvalue weighted by molar-refractivity contribution is -0.126. The number of aryl methyl sites for hydroxylation is 1. The highest BCUT2D eigenvalue weighted by Gasteiger charge is 2.50. The van der Waals surface area contributed by atoms with Crippen molar-refractivity contribution in [2.24, 2.45) is 5.92 Å². The molecule has 9 heteroatoms. The standard InChI is InChI=1S/C21H20BrF3N4O/c1-10(27-20-14-8-17(22)26-9-16(14)28-11(2)29-20)13-4-3-5-15(18(13)23)21(24,25)19(30)12-6-7-12/h3-5,8-10,12,19,30H,6-7H2,1-2H3,(H,27,28,29)/t10-,19-/m1/s1. The summed E-state index contributed by atoms with van der Waals surface area (Å²) in [5.41, 5.74) is -0.120. The van der Waals surface area contributed by atoms with E-state index >= 15 is 4.39 Å². The normalized spacial score (nSPS) is 16.5. The fourth-order valence-electron chi connectivity index (χ4n) is 3.52. The smallest absolute Gasteiger partial charge is 0.301 e. The number of hydrogen-bond donors (Lipinski definition) is 2. The highest BCUT2D eigenvalue weighted by atomic mass is 79.9. The molecule has 0 spiro atoms. The fourth-order valence-corrected chi connectivity index (χ4v) is 3.86. The zero-order valence-corrected chi connectivity index (χ0v) is 17.9. The van der Waals surface area contributed by atoms with E-state index in [2.05, 4.69) is 36.2 Å². The Hall–Kier alpha value is -2.26. The van der Waals surface area contributed by atoms with Gasteiger partial charge in [0.1, 0.15) is 28.2 Å². The van der Waals surface area contributed by atoms with Gasteiger partial charge in [-0.05, 0) is 60.7 Å². The summed E-state index contributed by atoms with van der Waals surface area (Å²) < 4.78 is 45.2. The highest BCUT2D eigenvalue weighted by Crippen LogP contribution is 2.45. The van der Waals surface area contributed by atoms with Crippen molar-refractivity contribution < 1.29 is 18.3 Å². The first kappa shape index (κ1) is 21.0.